The highest BCUT2D eigenvalue weighted by atomic mass is 35.5. The van der Waals surface area contributed by atoms with E-state index in [9.17, 15) is 13.2 Å². The Bertz CT molecular complexity index is 773. The lowest BCUT2D eigenvalue weighted by Gasteiger charge is -2.38. The Kier molecular flexibility index (Phi) is 4.70. The molecule has 1 aliphatic rings. The van der Waals surface area contributed by atoms with Crippen LogP contribution in [0.1, 0.15) is 24.4 Å². The molecule has 2 unspecified atom stereocenters. The van der Waals surface area contributed by atoms with Gasteiger partial charge in [-0.25, -0.2) is 0 Å². The lowest BCUT2D eigenvalue weighted by molar-refractivity contribution is -0.144. The largest absolute Gasteiger partial charge is 0.451 e. The molecule has 0 spiro atoms. The second-order valence-corrected chi connectivity index (χ2v) is 6.13. The molecule has 0 radical (unpaired) electrons. The van der Waals surface area contributed by atoms with Gasteiger partial charge in [-0.2, -0.15) is 28.1 Å². The van der Waals surface area contributed by atoms with Gasteiger partial charge in [0.05, 0.1) is 19.2 Å². The summed E-state index contributed by atoms with van der Waals surface area (Å²) >= 11 is 5.99. The Morgan fingerprint density at radius 3 is 2.72 bits per heavy atom. The topological polar surface area (TPSA) is 77.2 Å². The molecule has 25 heavy (non-hydrogen) atoms. The SMILES string of the molecule is CC1COC(c2cccc(Cl)c2)CN1c1nc(N)nc(C(F)(F)F)n1. The lowest BCUT2D eigenvalue weighted by Crippen LogP contribution is -2.46. The second-order valence-electron chi connectivity index (χ2n) is 5.69. The molecule has 2 heterocycles. The summed E-state index contributed by atoms with van der Waals surface area (Å²) in [4.78, 5) is 12.2. The van der Waals surface area contributed by atoms with Gasteiger partial charge in [0.25, 0.3) is 0 Å². The highest BCUT2D eigenvalue weighted by molar-refractivity contribution is 6.30. The molecular formula is C15H15ClF3N5O. The van der Waals surface area contributed by atoms with Gasteiger partial charge in [0.2, 0.25) is 17.7 Å². The monoisotopic (exact) mass is 373 g/mol. The van der Waals surface area contributed by atoms with Gasteiger partial charge in [0.1, 0.15) is 6.10 Å². The molecule has 1 aliphatic heterocycles. The van der Waals surface area contributed by atoms with Crippen LogP contribution in [0.4, 0.5) is 25.1 Å². The predicted octanol–water partition coefficient (Wildman–Crippen LogP) is 3.09. The number of nitrogens with zero attached hydrogens (tertiary/aromatic N) is 4. The van der Waals surface area contributed by atoms with Crippen molar-refractivity contribution in [2.75, 3.05) is 23.8 Å². The third kappa shape index (κ3) is 3.93. The molecule has 1 aromatic heterocycles. The van der Waals surface area contributed by atoms with Gasteiger partial charge in [0, 0.05) is 5.02 Å². The fraction of sp³-hybridized carbons (Fsp3) is 0.400. The molecule has 0 amide bonds. The number of aromatic nitrogens is 3. The highest BCUT2D eigenvalue weighted by Gasteiger charge is 2.37. The molecule has 2 N–H and O–H groups in total. The van der Waals surface area contributed by atoms with E-state index in [1.165, 1.54) is 0 Å². The molecule has 6 nitrogen and oxygen atoms in total. The Morgan fingerprint density at radius 2 is 2.04 bits per heavy atom. The Morgan fingerprint density at radius 1 is 1.28 bits per heavy atom. The zero-order chi connectivity index (χ0) is 18.2. The summed E-state index contributed by atoms with van der Waals surface area (Å²) < 4.78 is 44.6. The number of halogens is 4. The molecule has 1 saturated heterocycles. The van der Waals surface area contributed by atoms with Crippen LogP contribution in [0, 0.1) is 0 Å². The normalized spacial score (nSPS) is 21.4. The predicted molar refractivity (Wildman–Crippen MR) is 86.2 cm³/mol. The van der Waals surface area contributed by atoms with E-state index in [1.807, 2.05) is 6.07 Å². The first-order valence-electron chi connectivity index (χ1n) is 7.46. The first-order chi connectivity index (χ1) is 11.7. The molecule has 134 valence electrons. The van der Waals surface area contributed by atoms with Gasteiger partial charge in [-0.1, -0.05) is 23.7 Å². The van der Waals surface area contributed by atoms with Gasteiger partial charge in [0.15, 0.2) is 0 Å². The molecule has 2 aromatic rings. The van der Waals surface area contributed by atoms with E-state index in [2.05, 4.69) is 15.0 Å². The molecule has 2 atom stereocenters. The third-order valence-corrected chi connectivity index (χ3v) is 4.04. The van der Waals surface area contributed by atoms with Gasteiger partial charge in [-0.15, -0.1) is 0 Å². The number of ether oxygens (including phenoxy) is 1. The van der Waals surface area contributed by atoms with Gasteiger partial charge in [-0.05, 0) is 24.6 Å². The molecule has 1 aromatic carbocycles. The van der Waals surface area contributed by atoms with Crippen molar-refractivity contribution in [3.05, 3.63) is 40.7 Å². The van der Waals surface area contributed by atoms with Crippen molar-refractivity contribution in [1.29, 1.82) is 0 Å². The van der Waals surface area contributed by atoms with Crippen molar-refractivity contribution in [1.82, 2.24) is 15.0 Å². The van der Waals surface area contributed by atoms with E-state index in [0.29, 0.717) is 11.6 Å². The summed E-state index contributed by atoms with van der Waals surface area (Å²) in [5, 5.41) is 0.551. The van der Waals surface area contributed by atoms with Crippen LogP contribution in [0.2, 0.25) is 5.02 Å². The summed E-state index contributed by atoms with van der Waals surface area (Å²) in [5.74, 6) is -1.91. The molecule has 10 heteroatoms. The van der Waals surface area contributed by atoms with E-state index >= 15 is 0 Å². The molecule has 0 bridgehead atoms. The third-order valence-electron chi connectivity index (χ3n) is 3.80. The smallest absolute Gasteiger partial charge is 0.370 e. The van der Waals surface area contributed by atoms with Crippen molar-refractivity contribution >= 4 is 23.5 Å². The Hall–Kier alpha value is -2.13. The van der Waals surface area contributed by atoms with E-state index in [4.69, 9.17) is 22.1 Å². The second kappa shape index (κ2) is 6.64. The molecule has 0 saturated carbocycles. The standard InChI is InChI=1S/C15H15ClF3N5O/c1-8-7-25-11(9-3-2-4-10(16)5-9)6-24(8)14-22-12(15(17,18)19)21-13(20)23-14/h2-5,8,11H,6-7H2,1H3,(H2,20,21,22,23). The number of rotatable bonds is 2. The number of nitrogen functional groups attached to an aromatic ring is 1. The number of morpholine rings is 1. The van der Waals surface area contributed by atoms with Crippen molar-refractivity contribution in [3.8, 4) is 0 Å². The average Bonchev–Trinajstić information content (AvgIpc) is 2.54. The number of alkyl halides is 3. The molecule has 0 aliphatic carbocycles. The van der Waals surface area contributed by atoms with Crippen molar-refractivity contribution in [2.45, 2.75) is 25.2 Å². The molecule has 3 rings (SSSR count). The minimum atomic E-state index is -4.70. The minimum absolute atomic E-state index is 0.123. The maximum atomic E-state index is 12.9. The van der Waals surface area contributed by atoms with E-state index in [0.717, 1.165) is 5.56 Å². The fourth-order valence-corrected chi connectivity index (χ4v) is 2.78. The Balaban J connectivity index is 1.91. The van der Waals surface area contributed by atoms with Gasteiger partial charge >= 0.3 is 6.18 Å². The van der Waals surface area contributed by atoms with Crippen LogP contribution in [0.5, 0.6) is 0 Å². The maximum absolute atomic E-state index is 12.9. The summed E-state index contributed by atoms with van der Waals surface area (Å²) in [5.41, 5.74) is 6.26. The summed E-state index contributed by atoms with van der Waals surface area (Å²) in [6.45, 7) is 2.37. The first-order valence-corrected chi connectivity index (χ1v) is 7.84. The van der Waals surface area contributed by atoms with Crippen LogP contribution in [-0.2, 0) is 10.9 Å². The Labute approximate surface area is 146 Å². The average molecular weight is 374 g/mol. The maximum Gasteiger partial charge on any atom is 0.451 e. The van der Waals surface area contributed by atoms with Crippen LogP contribution in [0.3, 0.4) is 0 Å². The lowest BCUT2D eigenvalue weighted by atomic mass is 10.1. The van der Waals surface area contributed by atoms with E-state index < -0.39 is 17.9 Å². The van der Waals surface area contributed by atoms with Crippen LogP contribution < -0.4 is 10.6 Å². The summed E-state index contributed by atoms with van der Waals surface area (Å²) in [6.07, 6.45) is -5.07. The van der Waals surface area contributed by atoms with Gasteiger partial charge < -0.3 is 15.4 Å². The summed E-state index contributed by atoms with van der Waals surface area (Å²) in [7, 11) is 0. The zero-order valence-corrected chi connectivity index (χ0v) is 13.9. The van der Waals surface area contributed by atoms with Crippen LogP contribution in [0.15, 0.2) is 24.3 Å². The summed E-state index contributed by atoms with van der Waals surface area (Å²) in [6, 6.07) is 6.89. The van der Waals surface area contributed by atoms with Crippen molar-refractivity contribution in [2.24, 2.45) is 0 Å². The minimum Gasteiger partial charge on any atom is -0.370 e. The van der Waals surface area contributed by atoms with Crippen LogP contribution >= 0.6 is 11.6 Å². The number of benzene rings is 1. The fourth-order valence-electron chi connectivity index (χ4n) is 2.58. The van der Waals surface area contributed by atoms with Crippen LogP contribution in [0.25, 0.3) is 0 Å². The van der Waals surface area contributed by atoms with Crippen molar-refractivity contribution in [3.63, 3.8) is 0 Å². The van der Waals surface area contributed by atoms with E-state index in [1.54, 1.807) is 30.0 Å². The van der Waals surface area contributed by atoms with Crippen LogP contribution in [-0.4, -0.2) is 34.1 Å². The zero-order valence-electron chi connectivity index (χ0n) is 13.2. The number of nitrogens with two attached hydrogens (primary N) is 1. The highest BCUT2D eigenvalue weighted by Crippen LogP contribution is 2.31. The number of hydrogen-bond acceptors (Lipinski definition) is 6. The molecule has 1 fully saturated rings. The van der Waals surface area contributed by atoms with Crippen molar-refractivity contribution < 1.29 is 17.9 Å². The van der Waals surface area contributed by atoms with E-state index in [-0.39, 0.29) is 24.6 Å². The number of hydrogen-bond donors (Lipinski definition) is 1. The van der Waals surface area contributed by atoms with Gasteiger partial charge in [-0.3, -0.25) is 0 Å². The first kappa shape index (κ1) is 17.7. The molecular weight excluding hydrogens is 359 g/mol. The number of anilines is 2. The quantitative estimate of drug-likeness (QED) is 0.871.